The largest absolute Gasteiger partial charge is 0.478 e. The number of carbonyl (C=O) groups is 2. The van der Waals surface area contributed by atoms with Gasteiger partial charge in [-0.1, -0.05) is 0 Å². The number of anilines is 1. The molecule has 1 aliphatic rings. The van der Waals surface area contributed by atoms with Crippen LogP contribution in [-0.2, 0) is 4.79 Å². The summed E-state index contributed by atoms with van der Waals surface area (Å²) in [7, 11) is 0. The number of nitrogens with zero attached hydrogens (tertiary/aromatic N) is 3. The van der Waals surface area contributed by atoms with Crippen LogP contribution in [0, 0.1) is 12.8 Å². The average Bonchev–Trinajstić information content (AvgIpc) is 2.70. The number of aryl methyl sites for hydroxylation is 1. The summed E-state index contributed by atoms with van der Waals surface area (Å²) in [5.74, 6) is -0.403. The molecule has 0 aliphatic carbocycles. The minimum Gasteiger partial charge on any atom is -0.478 e. The third-order valence-electron chi connectivity index (χ3n) is 2.86. The first kappa shape index (κ1) is 12.8. The quantitative estimate of drug-likeness (QED) is 0.830. The topological polar surface area (TPSA) is 83.4 Å². The summed E-state index contributed by atoms with van der Waals surface area (Å²) in [6, 6.07) is 0. The first-order chi connectivity index (χ1) is 8.52. The molecule has 1 amide bonds. The molecule has 0 spiro atoms. The molecule has 18 heavy (non-hydrogen) atoms. The highest BCUT2D eigenvalue weighted by atomic mass is 35.5. The Morgan fingerprint density at radius 1 is 1.67 bits per heavy atom. The number of hydrogen-bond donors (Lipinski definition) is 1. The molecular formula is C11H12ClN3O3. The molecule has 0 aromatic carbocycles. The van der Waals surface area contributed by atoms with Gasteiger partial charge in [0.25, 0.3) is 0 Å². The van der Waals surface area contributed by atoms with Crippen LogP contribution in [0.4, 0.5) is 5.95 Å². The van der Waals surface area contributed by atoms with Crippen molar-refractivity contribution < 1.29 is 14.7 Å². The fourth-order valence-corrected chi connectivity index (χ4v) is 2.08. The van der Waals surface area contributed by atoms with Crippen LogP contribution in [0.5, 0.6) is 0 Å². The van der Waals surface area contributed by atoms with Gasteiger partial charge in [0.15, 0.2) is 0 Å². The van der Waals surface area contributed by atoms with Crippen molar-refractivity contribution in [3.05, 3.63) is 17.5 Å². The number of aromatic carboxylic acids is 1. The molecule has 96 valence electrons. The number of carbonyl (C=O) groups excluding carboxylic acids is 1. The first-order valence-electron chi connectivity index (χ1n) is 5.46. The number of carboxylic acids is 1. The molecule has 1 saturated heterocycles. The number of hydrogen-bond acceptors (Lipinski definition) is 4. The predicted octanol–water partition coefficient (Wildman–Crippen LogP) is 1.07. The Hall–Kier alpha value is -1.69. The SMILES string of the molecule is Cc1nc(N2CC(CCl)CC2=O)ncc1C(=O)O. The molecule has 1 unspecified atom stereocenters. The van der Waals surface area contributed by atoms with Crippen LogP contribution in [0.3, 0.4) is 0 Å². The molecule has 7 heteroatoms. The van der Waals surface area contributed by atoms with Crippen molar-refractivity contribution in [2.75, 3.05) is 17.3 Å². The van der Waals surface area contributed by atoms with Crippen LogP contribution < -0.4 is 4.90 Å². The molecule has 1 fully saturated rings. The van der Waals surface area contributed by atoms with Gasteiger partial charge in [0.2, 0.25) is 11.9 Å². The van der Waals surface area contributed by atoms with Gasteiger partial charge in [0.05, 0.1) is 11.3 Å². The maximum atomic E-state index is 11.7. The summed E-state index contributed by atoms with van der Waals surface area (Å²) in [5, 5.41) is 8.88. The van der Waals surface area contributed by atoms with Crippen LogP contribution >= 0.6 is 11.6 Å². The number of amides is 1. The van der Waals surface area contributed by atoms with Crippen LogP contribution in [0.2, 0.25) is 0 Å². The molecule has 0 saturated carbocycles. The number of rotatable bonds is 3. The normalized spacial score (nSPS) is 19.3. The minimum atomic E-state index is -1.08. The average molecular weight is 270 g/mol. The van der Waals surface area contributed by atoms with Gasteiger partial charge in [-0.3, -0.25) is 9.69 Å². The van der Waals surface area contributed by atoms with Crippen molar-refractivity contribution in [3.63, 3.8) is 0 Å². The standard InChI is InChI=1S/C11H12ClN3O3/c1-6-8(10(17)18)4-13-11(14-6)15-5-7(3-12)2-9(15)16/h4,7H,2-3,5H2,1H3,(H,17,18). The van der Waals surface area contributed by atoms with E-state index in [4.69, 9.17) is 16.7 Å². The maximum Gasteiger partial charge on any atom is 0.339 e. The Bertz CT molecular complexity index is 506. The van der Waals surface area contributed by atoms with E-state index in [2.05, 4.69) is 9.97 Å². The smallest absolute Gasteiger partial charge is 0.339 e. The molecule has 2 rings (SSSR count). The van der Waals surface area contributed by atoms with Crippen LogP contribution in [0.25, 0.3) is 0 Å². The molecule has 1 aliphatic heterocycles. The van der Waals surface area contributed by atoms with Crippen molar-refractivity contribution in [2.24, 2.45) is 5.92 Å². The second kappa shape index (κ2) is 4.89. The van der Waals surface area contributed by atoms with Gasteiger partial charge in [0.1, 0.15) is 0 Å². The molecule has 6 nitrogen and oxygen atoms in total. The fourth-order valence-electron chi connectivity index (χ4n) is 1.87. The van der Waals surface area contributed by atoms with Crippen molar-refractivity contribution in [1.82, 2.24) is 9.97 Å². The van der Waals surface area contributed by atoms with Crippen LogP contribution in [-0.4, -0.2) is 39.4 Å². The monoisotopic (exact) mass is 269 g/mol. The lowest BCUT2D eigenvalue weighted by molar-refractivity contribution is -0.117. The van der Waals surface area contributed by atoms with E-state index in [1.807, 2.05) is 0 Å². The zero-order chi connectivity index (χ0) is 13.3. The Balaban J connectivity index is 2.27. The molecule has 1 aromatic heterocycles. The molecule has 0 bridgehead atoms. The second-order valence-corrected chi connectivity index (χ2v) is 4.51. The second-order valence-electron chi connectivity index (χ2n) is 4.20. The lowest BCUT2D eigenvalue weighted by atomic mass is 10.2. The number of alkyl halides is 1. The minimum absolute atomic E-state index is 0.0410. The fraction of sp³-hybridized carbons (Fsp3) is 0.455. The Labute approximate surface area is 109 Å². The van der Waals surface area contributed by atoms with E-state index < -0.39 is 5.97 Å². The first-order valence-corrected chi connectivity index (χ1v) is 5.99. The van der Waals surface area contributed by atoms with E-state index in [1.54, 1.807) is 6.92 Å². The molecule has 0 radical (unpaired) electrons. The zero-order valence-corrected chi connectivity index (χ0v) is 10.5. The molecule has 2 heterocycles. The highest BCUT2D eigenvalue weighted by molar-refractivity contribution is 6.18. The van der Waals surface area contributed by atoms with E-state index in [0.29, 0.717) is 24.5 Å². The lowest BCUT2D eigenvalue weighted by Gasteiger charge is -2.14. The van der Waals surface area contributed by atoms with Gasteiger partial charge >= 0.3 is 5.97 Å². The summed E-state index contributed by atoms with van der Waals surface area (Å²) in [6.45, 7) is 2.06. The number of halogens is 1. The number of aromatic nitrogens is 2. The highest BCUT2D eigenvalue weighted by Gasteiger charge is 2.31. The summed E-state index contributed by atoms with van der Waals surface area (Å²) >= 11 is 5.73. The predicted molar refractivity (Wildman–Crippen MR) is 64.9 cm³/mol. The summed E-state index contributed by atoms with van der Waals surface area (Å²) in [6.07, 6.45) is 1.61. The van der Waals surface area contributed by atoms with Gasteiger partial charge in [-0.25, -0.2) is 14.8 Å². The van der Waals surface area contributed by atoms with Crippen molar-refractivity contribution in [3.8, 4) is 0 Å². The lowest BCUT2D eigenvalue weighted by Crippen LogP contribution is -2.27. The zero-order valence-electron chi connectivity index (χ0n) is 9.76. The summed E-state index contributed by atoms with van der Waals surface area (Å²) < 4.78 is 0. The Kier molecular flexibility index (Phi) is 3.47. The molecule has 1 N–H and O–H groups in total. The molecular weight excluding hydrogens is 258 g/mol. The van der Waals surface area contributed by atoms with Crippen LogP contribution in [0.1, 0.15) is 22.5 Å². The van der Waals surface area contributed by atoms with Gasteiger partial charge in [-0.15, -0.1) is 11.6 Å². The van der Waals surface area contributed by atoms with E-state index in [9.17, 15) is 9.59 Å². The third-order valence-corrected chi connectivity index (χ3v) is 3.30. The van der Waals surface area contributed by atoms with Crippen LogP contribution in [0.15, 0.2) is 6.20 Å². The Morgan fingerprint density at radius 2 is 2.39 bits per heavy atom. The van der Waals surface area contributed by atoms with Gasteiger partial charge in [0, 0.05) is 25.0 Å². The highest BCUT2D eigenvalue weighted by Crippen LogP contribution is 2.23. The molecule has 1 atom stereocenters. The van der Waals surface area contributed by atoms with Gasteiger partial charge in [-0.05, 0) is 12.8 Å². The maximum absolute atomic E-state index is 11.7. The van der Waals surface area contributed by atoms with Gasteiger partial charge < -0.3 is 5.11 Å². The summed E-state index contributed by atoms with van der Waals surface area (Å²) in [5.41, 5.74) is 0.383. The van der Waals surface area contributed by atoms with Crippen molar-refractivity contribution >= 4 is 29.4 Å². The van der Waals surface area contributed by atoms with Gasteiger partial charge in [-0.2, -0.15) is 0 Å². The summed E-state index contributed by atoms with van der Waals surface area (Å²) in [4.78, 5) is 32.0. The van der Waals surface area contributed by atoms with Crippen molar-refractivity contribution in [2.45, 2.75) is 13.3 Å². The molecule has 1 aromatic rings. The Morgan fingerprint density at radius 3 is 2.89 bits per heavy atom. The number of carboxylic acid groups (broad SMARTS) is 1. The third kappa shape index (κ3) is 2.28. The van der Waals surface area contributed by atoms with E-state index >= 15 is 0 Å². The van der Waals surface area contributed by atoms with E-state index in [0.717, 1.165) is 0 Å². The van der Waals surface area contributed by atoms with E-state index in [-0.39, 0.29) is 23.3 Å². The van der Waals surface area contributed by atoms with E-state index in [1.165, 1.54) is 11.1 Å². The van der Waals surface area contributed by atoms with Crippen molar-refractivity contribution in [1.29, 1.82) is 0 Å².